The number of aromatic nitrogens is 2. The van der Waals surface area contributed by atoms with Gasteiger partial charge in [-0.2, -0.15) is 0 Å². The number of anilines is 1. The Hall–Kier alpha value is -1.99. The maximum absolute atomic E-state index is 13.0. The van der Waals surface area contributed by atoms with E-state index in [1.54, 1.807) is 6.26 Å². The van der Waals surface area contributed by atoms with Crippen molar-refractivity contribution in [2.45, 2.75) is 19.1 Å². The van der Waals surface area contributed by atoms with Gasteiger partial charge in [-0.1, -0.05) is 0 Å². The number of ether oxygens (including phenoxy) is 1. The summed E-state index contributed by atoms with van der Waals surface area (Å²) >= 11 is 0. The van der Waals surface area contributed by atoms with Gasteiger partial charge in [0, 0.05) is 25.6 Å². The second-order valence-electron chi connectivity index (χ2n) is 7.01. The van der Waals surface area contributed by atoms with Gasteiger partial charge in [0.2, 0.25) is 5.95 Å². The molecule has 0 unspecified atom stereocenters. The molecule has 4 heterocycles. The molecule has 2 aromatic heterocycles. The smallest absolute Gasteiger partial charge is 0.225 e. The fourth-order valence-corrected chi connectivity index (χ4v) is 3.97. The molecule has 0 saturated carbocycles. The van der Waals surface area contributed by atoms with E-state index in [2.05, 4.69) is 26.8 Å². The lowest BCUT2D eigenvalue weighted by Crippen LogP contribution is -2.44. The highest BCUT2D eigenvalue weighted by Gasteiger charge is 2.41. The highest BCUT2D eigenvalue weighted by Crippen LogP contribution is 2.35. The molecule has 0 aromatic carbocycles. The summed E-state index contributed by atoms with van der Waals surface area (Å²) in [5.74, 6) is 2.21. The Morgan fingerprint density at radius 2 is 2.20 bits per heavy atom. The average molecular weight is 346 g/mol. The van der Waals surface area contributed by atoms with E-state index in [1.807, 2.05) is 12.1 Å². The Kier molecular flexibility index (Phi) is 4.67. The largest absolute Gasteiger partial charge is 0.468 e. The molecule has 0 spiro atoms. The molecule has 3 atom stereocenters. The fraction of sp³-hybridized carbons (Fsp3) is 0.556. The molecule has 2 saturated heterocycles. The van der Waals surface area contributed by atoms with Crippen LogP contribution in [0.25, 0.3) is 0 Å². The van der Waals surface area contributed by atoms with Crippen LogP contribution in [0.4, 0.5) is 10.3 Å². The number of hydrogen-bond donors (Lipinski definition) is 0. The molecule has 134 valence electrons. The first-order chi connectivity index (χ1) is 12.2. The van der Waals surface area contributed by atoms with Crippen molar-refractivity contribution in [2.24, 2.45) is 11.8 Å². The van der Waals surface area contributed by atoms with Gasteiger partial charge in [-0.05, 0) is 31.5 Å². The summed E-state index contributed by atoms with van der Waals surface area (Å²) < 4.78 is 24.5. The summed E-state index contributed by atoms with van der Waals surface area (Å²) in [4.78, 5) is 12.6. The number of halogens is 1. The van der Waals surface area contributed by atoms with Crippen LogP contribution in [0.3, 0.4) is 0 Å². The third-order valence-electron chi connectivity index (χ3n) is 5.18. The van der Waals surface area contributed by atoms with Gasteiger partial charge in [0.1, 0.15) is 5.76 Å². The van der Waals surface area contributed by atoms with Crippen LogP contribution in [-0.2, 0) is 11.3 Å². The van der Waals surface area contributed by atoms with Crippen molar-refractivity contribution in [3.05, 3.63) is 42.4 Å². The Balaban J connectivity index is 1.33. The molecule has 2 aliphatic rings. The van der Waals surface area contributed by atoms with Gasteiger partial charge in [-0.15, -0.1) is 0 Å². The first kappa shape index (κ1) is 16.5. The highest BCUT2D eigenvalue weighted by atomic mass is 19.1. The number of nitrogens with zero attached hydrogens (tertiary/aromatic N) is 4. The molecule has 25 heavy (non-hydrogen) atoms. The van der Waals surface area contributed by atoms with Crippen molar-refractivity contribution < 1.29 is 13.5 Å². The van der Waals surface area contributed by atoms with Crippen LogP contribution >= 0.6 is 0 Å². The van der Waals surface area contributed by atoms with Crippen LogP contribution in [0, 0.1) is 17.7 Å². The van der Waals surface area contributed by atoms with Gasteiger partial charge in [-0.25, -0.2) is 14.4 Å². The molecule has 2 aromatic rings. The van der Waals surface area contributed by atoms with Gasteiger partial charge in [0.05, 0.1) is 37.9 Å². The van der Waals surface area contributed by atoms with Crippen LogP contribution in [0.1, 0.15) is 12.2 Å². The van der Waals surface area contributed by atoms with E-state index in [9.17, 15) is 4.39 Å². The van der Waals surface area contributed by atoms with E-state index in [-0.39, 0.29) is 6.10 Å². The van der Waals surface area contributed by atoms with E-state index in [1.165, 1.54) is 12.4 Å². The van der Waals surface area contributed by atoms with Gasteiger partial charge in [0.15, 0.2) is 5.82 Å². The molecule has 0 N–H and O–H groups in total. The van der Waals surface area contributed by atoms with E-state index in [0.717, 1.165) is 45.0 Å². The third-order valence-corrected chi connectivity index (χ3v) is 5.18. The van der Waals surface area contributed by atoms with Gasteiger partial charge in [0.25, 0.3) is 0 Å². The Bertz CT molecular complexity index is 679. The molecular weight excluding hydrogens is 323 g/mol. The zero-order valence-electron chi connectivity index (χ0n) is 14.3. The summed E-state index contributed by atoms with van der Waals surface area (Å²) in [6.45, 7) is 4.21. The van der Waals surface area contributed by atoms with Crippen LogP contribution < -0.4 is 4.90 Å². The minimum absolute atomic E-state index is 0.251. The predicted molar refractivity (Wildman–Crippen MR) is 90.6 cm³/mol. The van der Waals surface area contributed by atoms with Gasteiger partial charge >= 0.3 is 0 Å². The molecule has 2 aliphatic heterocycles. The summed E-state index contributed by atoms with van der Waals surface area (Å²) in [6.07, 6.45) is 5.46. The second kappa shape index (κ2) is 7.09. The SMILES string of the molecule is CN(Cc1ccco1)C[C@H]1OC[C@@H]2CN(c3ncc(F)cn3)CC[C@@H]21. The zero-order chi connectivity index (χ0) is 17.2. The molecule has 0 bridgehead atoms. The average Bonchev–Trinajstić information content (AvgIpc) is 3.25. The number of fused-ring (bicyclic) bond motifs is 1. The summed E-state index contributed by atoms with van der Waals surface area (Å²) in [7, 11) is 2.10. The van der Waals surface area contributed by atoms with Gasteiger partial charge < -0.3 is 14.1 Å². The molecule has 0 amide bonds. The van der Waals surface area contributed by atoms with E-state index in [4.69, 9.17) is 9.15 Å². The van der Waals surface area contributed by atoms with E-state index >= 15 is 0 Å². The van der Waals surface area contributed by atoms with Crippen molar-refractivity contribution in [1.29, 1.82) is 0 Å². The van der Waals surface area contributed by atoms with Crippen molar-refractivity contribution >= 4 is 5.95 Å². The normalized spacial score (nSPS) is 26.2. The molecule has 7 heteroatoms. The summed E-state index contributed by atoms with van der Waals surface area (Å²) in [6, 6.07) is 3.91. The minimum atomic E-state index is -0.400. The molecule has 0 aliphatic carbocycles. The number of likely N-dealkylation sites (N-methyl/N-ethyl adjacent to an activating group) is 1. The topological polar surface area (TPSA) is 54.6 Å². The van der Waals surface area contributed by atoms with Crippen molar-refractivity contribution in [2.75, 3.05) is 38.2 Å². The number of piperidine rings is 1. The lowest BCUT2D eigenvalue weighted by atomic mass is 9.84. The molecule has 4 rings (SSSR count). The Morgan fingerprint density at radius 1 is 1.36 bits per heavy atom. The molecule has 6 nitrogen and oxygen atoms in total. The van der Waals surface area contributed by atoms with Gasteiger partial charge in [-0.3, -0.25) is 4.90 Å². The minimum Gasteiger partial charge on any atom is -0.468 e. The zero-order valence-corrected chi connectivity index (χ0v) is 14.3. The Labute approximate surface area is 146 Å². The fourth-order valence-electron chi connectivity index (χ4n) is 3.97. The van der Waals surface area contributed by atoms with Crippen LogP contribution in [0.2, 0.25) is 0 Å². The monoisotopic (exact) mass is 346 g/mol. The second-order valence-corrected chi connectivity index (χ2v) is 7.01. The number of rotatable bonds is 5. The standard InChI is InChI=1S/C18H23FN4O2/c1-22(10-15-3-2-6-24-15)11-17-16-4-5-23(9-13(16)12-25-17)18-20-7-14(19)8-21-18/h2-3,6-8,13,16-17H,4-5,9-12H2,1H3/t13-,16-,17+/m0/s1. The maximum Gasteiger partial charge on any atom is 0.225 e. The van der Waals surface area contributed by atoms with Crippen molar-refractivity contribution in [1.82, 2.24) is 14.9 Å². The molecule has 2 fully saturated rings. The van der Waals surface area contributed by atoms with E-state index in [0.29, 0.717) is 17.8 Å². The quantitative estimate of drug-likeness (QED) is 0.827. The Morgan fingerprint density at radius 3 is 2.96 bits per heavy atom. The predicted octanol–water partition coefficient (Wildman–Crippen LogP) is 2.18. The number of furan rings is 1. The van der Waals surface area contributed by atoms with Crippen LogP contribution in [-0.4, -0.2) is 54.3 Å². The van der Waals surface area contributed by atoms with E-state index < -0.39 is 5.82 Å². The lowest BCUT2D eigenvalue weighted by Gasteiger charge is -2.36. The van der Waals surface area contributed by atoms with Crippen molar-refractivity contribution in [3.63, 3.8) is 0 Å². The first-order valence-electron chi connectivity index (χ1n) is 8.74. The maximum atomic E-state index is 13.0. The number of hydrogen-bond acceptors (Lipinski definition) is 6. The summed E-state index contributed by atoms with van der Waals surface area (Å²) in [5.41, 5.74) is 0. The first-order valence-corrected chi connectivity index (χ1v) is 8.74. The lowest BCUT2D eigenvalue weighted by molar-refractivity contribution is 0.0570. The highest BCUT2D eigenvalue weighted by molar-refractivity contribution is 5.30. The van der Waals surface area contributed by atoms with Crippen LogP contribution in [0.5, 0.6) is 0 Å². The van der Waals surface area contributed by atoms with Crippen molar-refractivity contribution in [3.8, 4) is 0 Å². The van der Waals surface area contributed by atoms with Crippen LogP contribution in [0.15, 0.2) is 35.2 Å². The third kappa shape index (κ3) is 3.67. The molecular formula is C18H23FN4O2. The molecule has 0 radical (unpaired) electrons. The summed E-state index contributed by atoms with van der Waals surface area (Å²) in [5, 5.41) is 0.